The van der Waals surface area contributed by atoms with Crippen molar-refractivity contribution in [3.8, 4) is 0 Å². The minimum Gasteiger partial charge on any atom is -0.466 e. The van der Waals surface area contributed by atoms with Crippen LogP contribution in [0.15, 0.2) is 36.4 Å². The van der Waals surface area contributed by atoms with Gasteiger partial charge in [-0.25, -0.2) is 4.79 Å². The quantitative estimate of drug-likeness (QED) is 0.265. The second-order valence-corrected chi connectivity index (χ2v) is 7.91. The van der Waals surface area contributed by atoms with Crippen LogP contribution in [0.3, 0.4) is 0 Å². The molecule has 2 atom stereocenters. The summed E-state index contributed by atoms with van der Waals surface area (Å²) in [5.41, 5.74) is 0.836. The Morgan fingerprint density at radius 3 is 2.20 bits per heavy atom. The molecule has 0 aliphatic rings. The normalized spacial score (nSPS) is 12.5. The van der Waals surface area contributed by atoms with Crippen LogP contribution in [0.2, 0.25) is 0 Å². The summed E-state index contributed by atoms with van der Waals surface area (Å²) in [4.78, 5) is 61.2. The Morgan fingerprint density at radius 1 is 0.943 bits per heavy atom. The van der Waals surface area contributed by atoms with Gasteiger partial charge >= 0.3 is 11.9 Å². The van der Waals surface area contributed by atoms with Crippen LogP contribution in [0, 0.1) is 5.92 Å². The van der Waals surface area contributed by atoms with E-state index in [-0.39, 0.29) is 38.5 Å². The molecule has 0 aliphatic carbocycles. The van der Waals surface area contributed by atoms with Crippen LogP contribution >= 0.6 is 0 Å². The molecule has 0 aromatic heterocycles. The van der Waals surface area contributed by atoms with Crippen molar-refractivity contribution >= 4 is 35.7 Å². The summed E-state index contributed by atoms with van der Waals surface area (Å²) in [6.07, 6.45) is 2.83. The third kappa shape index (κ3) is 11.8. The molecule has 10 heteroatoms. The van der Waals surface area contributed by atoms with Crippen molar-refractivity contribution in [2.75, 3.05) is 19.8 Å². The van der Waals surface area contributed by atoms with E-state index in [4.69, 9.17) is 9.47 Å². The Labute approximate surface area is 205 Å². The summed E-state index contributed by atoms with van der Waals surface area (Å²) >= 11 is 0. The van der Waals surface area contributed by atoms with Gasteiger partial charge in [0.05, 0.1) is 19.8 Å². The summed E-state index contributed by atoms with van der Waals surface area (Å²) in [5, 5.41) is 7.59. The molecule has 1 aromatic rings. The number of hydrogen-bond donors (Lipinski definition) is 3. The zero-order valence-electron chi connectivity index (χ0n) is 20.7. The Kier molecular flexibility index (Phi) is 13.4. The second-order valence-electron chi connectivity index (χ2n) is 7.91. The molecule has 0 unspecified atom stereocenters. The maximum absolute atomic E-state index is 12.9. The lowest BCUT2D eigenvalue weighted by Gasteiger charge is -2.24. The van der Waals surface area contributed by atoms with Crippen molar-refractivity contribution in [3.63, 3.8) is 0 Å². The van der Waals surface area contributed by atoms with Gasteiger partial charge in [-0.05, 0) is 37.8 Å². The van der Waals surface area contributed by atoms with Crippen LogP contribution in [0.4, 0.5) is 0 Å². The van der Waals surface area contributed by atoms with Crippen LogP contribution in [0.5, 0.6) is 0 Å². The molecular formula is C25H35N3O7. The summed E-state index contributed by atoms with van der Waals surface area (Å²) in [5.74, 6) is -3.14. The predicted molar refractivity (Wildman–Crippen MR) is 130 cm³/mol. The van der Waals surface area contributed by atoms with Crippen molar-refractivity contribution in [1.82, 2.24) is 16.0 Å². The SMILES string of the molecule is CCOC(=O)CC[C@@H](NC(=O)[C@@H](NC(=O)CNC(=O)/C=C/c1ccccc1)C(C)C)C(=O)OCC. The maximum Gasteiger partial charge on any atom is 0.328 e. The Morgan fingerprint density at radius 2 is 1.60 bits per heavy atom. The zero-order chi connectivity index (χ0) is 26.2. The predicted octanol–water partition coefficient (Wildman–Crippen LogP) is 1.35. The van der Waals surface area contributed by atoms with Crippen LogP contribution in [0.1, 0.15) is 46.1 Å². The average Bonchev–Trinajstić information content (AvgIpc) is 2.83. The van der Waals surface area contributed by atoms with E-state index in [2.05, 4.69) is 16.0 Å². The third-order valence-corrected chi connectivity index (χ3v) is 4.75. The summed E-state index contributed by atoms with van der Waals surface area (Å²) in [6.45, 7) is 6.72. The zero-order valence-corrected chi connectivity index (χ0v) is 20.7. The van der Waals surface area contributed by atoms with E-state index in [1.807, 2.05) is 30.3 Å². The fourth-order valence-corrected chi connectivity index (χ4v) is 2.97. The molecule has 0 aliphatic heterocycles. The van der Waals surface area contributed by atoms with Gasteiger partial charge in [0.2, 0.25) is 17.7 Å². The van der Waals surface area contributed by atoms with Crippen LogP contribution in [-0.4, -0.2) is 61.5 Å². The molecule has 10 nitrogen and oxygen atoms in total. The average molecular weight is 490 g/mol. The number of hydrogen-bond acceptors (Lipinski definition) is 7. The number of carbonyl (C=O) groups is 5. The molecule has 192 valence electrons. The molecular weight excluding hydrogens is 454 g/mol. The van der Waals surface area contributed by atoms with Gasteiger partial charge < -0.3 is 25.4 Å². The number of ether oxygens (including phenoxy) is 2. The lowest BCUT2D eigenvalue weighted by molar-refractivity contribution is -0.149. The fourth-order valence-electron chi connectivity index (χ4n) is 2.97. The first-order valence-electron chi connectivity index (χ1n) is 11.6. The van der Waals surface area contributed by atoms with Gasteiger partial charge in [0.25, 0.3) is 0 Å². The Bertz CT molecular complexity index is 884. The summed E-state index contributed by atoms with van der Waals surface area (Å²) in [7, 11) is 0. The first kappa shape index (κ1) is 29.3. The molecule has 0 bridgehead atoms. The monoisotopic (exact) mass is 489 g/mol. The molecule has 0 saturated heterocycles. The standard InChI is InChI=1S/C25H35N3O7/c1-5-34-22(31)15-13-19(25(33)35-6-2)27-24(32)23(17(3)4)28-21(30)16-26-20(29)14-12-18-10-8-7-9-11-18/h7-12,14,17,19,23H,5-6,13,15-16H2,1-4H3,(H,26,29)(H,27,32)(H,28,30)/b14-12+/t19-,23+/m1/s1. The van der Waals surface area contributed by atoms with Crippen LogP contribution in [-0.2, 0) is 33.4 Å². The van der Waals surface area contributed by atoms with E-state index in [0.717, 1.165) is 5.56 Å². The van der Waals surface area contributed by atoms with Crippen LogP contribution < -0.4 is 16.0 Å². The van der Waals surface area contributed by atoms with Crippen molar-refractivity contribution in [1.29, 1.82) is 0 Å². The molecule has 0 radical (unpaired) electrons. The molecule has 1 aromatic carbocycles. The van der Waals surface area contributed by atoms with Crippen molar-refractivity contribution < 1.29 is 33.4 Å². The number of nitrogens with one attached hydrogen (secondary N) is 3. The highest BCUT2D eigenvalue weighted by Crippen LogP contribution is 2.07. The van der Waals surface area contributed by atoms with Crippen molar-refractivity contribution in [3.05, 3.63) is 42.0 Å². The van der Waals surface area contributed by atoms with Gasteiger partial charge in [-0.1, -0.05) is 44.2 Å². The van der Waals surface area contributed by atoms with Gasteiger partial charge in [0.15, 0.2) is 0 Å². The van der Waals surface area contributed by atoms with Gasteiger partial charge in [0, 0.05) is 12.5 Å². The number of rotatable bonds is 14. The van der Waals surface area contributed by atoms with E-state index in [9.17, 15) is 24.0 Å². The van der Waals surface area contributed by atoms with Crippen molar-refractivity contribution in [2.45, 2.75) is 52.6 Å². The molecule has 1 rings (SSSR count). The molecule has 3 N–H and O–H groups in total. The number of amides is 3. The minimum absolute atomic E-state index is 0.00796. The lowest BCUT2D eigenvalue weighted by Crippen LogP contribution is -2.55. The molecule has 3 amide bonds. The Balaban J connectivity index is 2.68. The van der Waals surface area contributed by atoms with Gasteiger partial charge in [-0.2, -0.15) is 0 Å². The number of benzene rings is 1. The van der Waals surface area contributed by atoms with Gasteiger partial charge in [0.1, 0.15) is 12.1 Å². The molecule has 0 heterocycles. The van der Waals surface area contributed by atoms with Gasteiger partial charge in [-0.15, -0.1) is 0 Å². The van der Waals surface area contributed by atoms with E-state index in [1.165, 1.54) is 6.08 Å². The van der Waals surface area contributed by atoms with Gasteiger partial charge in [-0.3, -0.25) is 19.2 Å². The lowest BCUT2D eigenvalue weighted by atomic mass is 10.0. The van der Waals surface area contributed by atoms with E-state index in [0.29, 0.717) is 0 Å². The second kappa shape index (κ2) is 16.0. The van der Waals surface area contributed by atoms with E-state index >= 15 is 0 Å². The molecule has 0 spiro atoms. The first-order valence-corrected chi connectivity index (χ1v) is 11.6. The van der Waals surface area contributed by atoms with Crippen molar-refractivity contribution in [2.24, 2.45) is 5.92 Å². The first-order chi connectivity index (χ1) is 16.7. The van der Waals surface area contributed by atoms with Crippen LogP contribution in [0.25, 0.3) is 6.08 Å². The maximum atomic E-state index is 12.9. The highest BCUT2D eigenvalue weighted by Gasteiger charge is 2.29. The molecule has 0 fully saturated rings. The largest absolute Gasteiger partial charge is 0.466 e. The topological polar surface area (TPSA) is 140 Å². The highest BCUT2D eigenvalue weighted by molar-refractivity contribution is 5.95. The molecule has 0 saturated carbocycles. The number of esters is 2. The van der Waals surface area contributed by atoms with E-state index in [1.54, 1.807) is 33.8 Å². The summed E-state index contributed by atoms with van der Waals surface area (Å²) < 4.78 is 9.86. The summed E-state index contributed by atoms with van der Waals surface area (Å²) in [6, 6.07) is 7.15. The minimum atomic E-state index is -1.08. The Hall–Kier alpha value is -3.69. The number of carbonyl (C=O) groups excluding carboxylic acids is 5. The molecule has 35 heavy (non-hydrogen) atoms. The fraction of sp³-hybridized carbons (Fsp3) is 0.480. The van der Waals surface area contributed by atoms with E-state index < -0.39 is 41.7 Å². The third-order valence-electron chi connectivity index (χ3n) is 4.75. The highest BCUT2D eigenvalue weighted by atomic mass is 16.5. The smallest absolute Gasteiger partial charge is 0.328 e.